The van der Waals surface area contributed by atoms with Gasteiger partial charge in [-0.1, -0.05) is 12.2 Å². The van der Waals surface area contributed by atoms with Crippen molar-refractivity contribution in [2.45, 2.75) is 25.3 Å². The maximum absolute atomic E-state index is 5.74. The molecule has 0 saturated carbocycles. The second-order valence-electron chi connectivity index (χ2n) is 4.20. The molecule has 1 aliphatic heterocycles. The lowest BCUT2D eigenvalue weighted by Gasteiger charge is -2.23. The molecular formula is C12H17N3S. The van der Waals surface area contributed by atoms with Crippen molar-refractivity contribution in [3.05, 3.63) is 30.1 Å². The quantitative estimate of drug-likeness (QED) is 0.801. The molecular weight excluding hydrogens is 218 g/mol. The van der Waals surface area contributed by atoms with Gasteiger partial charge in [0.2, 0.25) is 0 Å². The van der Waals surface area contributed by atoms with Gasteiger partial charge >= 0.3 is 0 Å². The molecule has 16 heavy (non-hydrogen) atoms. The van der Waals surface area contributed by atoms with E-state index < -0.39 is 0 Å². The number of hydrogen-bond acceptors (Lipinski definition) is 3. The summed E-state index contributed by atoms with van der Waals surface area (Å²) in [5.41, 5.74) is 7.06. The summed E-state index contributed by atoms with van der Waals surface area (Å²) in [4.78, 5) is 7.05. The molecule has 1 saturated heterocycles. The van der Waals surface area contributed by atoms with Crippen molar-refractivity contribution in [1.82, 2.24) is 9.88 Å². The molecule has 0 amide bonds. The summed E-state index contributed by atoms with van der Waals surface area (Å²) in [7, 11) is 0. The van der Waals surface area contributed by atoms with Crippen LogP contribution in [0.5, 0.6) is 0 Å². The Kier molecular flexibility index (Phi) is 3.85. The second kappa shape index (κ2) is 5.37. The SMILES string of the molecule is NC(=S)C1CCCN1CCc1ccncc1. The Morgan fingerprint density at radius 3 is 2.94 bits per heavy atom. The minimum absolute atomic E-state index is 0.317. The van der Waals surface area contributed by atoms with E-state index in [1.54, 1.807) is 0 Å². The Labute approximate surface area is 102 Å². The molecule has 1 aliphatic rings. The van der Waals surface area contributed by atoms with Gasteiger partial charge in [0.15, 0.2) is 0 Å². The van der Waals surface area contributed by atoms with Crippen molar-refractivity contribution in [2.24, 2.45) is 5.73 Å². The Morgan fingerprint density at radius 1 is 1.50 bits per heavy atom. The van der Waals surface area contributed by atoms with Gasteiger partial charge in [-0.2, -0.15) is 0 Å². The summed E-state index contributed by atoms with van der Waals surface area (Å²) in [6.45, 7) is 2.15. The first-order valence-electron chi connectivity index (χ1n) is 5.69. The number of thiocarbonyl (C=S) groups is 1. The van der Waals surface area contributed by atoms with E-state index in [9.17, 15) is 0 Å². The number of nitrogens with two attached hydrogens (primary N) is 1. The number of likely N-dealkylation sites (tertiary alicyclic amines) is 1. The first-order valence-corrected chi connectivity index (χ1v) is 6.10. The highest BCUT2D eigenvalue weighted by Crippen LogP contribution is 2.17. The topological polar surface area (TPSA) is 42.1 Å². The van der Waals surface area contributed by atoms with E-state index in [0.29, 0.717) is 11.0 Å². The zero-order valence-electron chi connectivity index (χ0n) is 9.30. The normalized spacial score (nSPS) is 21.1. The third-order valence-corrected chi connectivity index (χ3v) is 3.40. The van der Waals surface area contributed by atoms with E-state index in [-0.39, 0.29) is 0 Å². The third kappa shape index (κ3) is 2.77. The fourth-order valence-electron chi connectivity index (χ4n) is 2.24. The largest absolute Gasteiger partial charge is 0.392 e. The smallest absolute Gasteiger partial charge is 0.0902 e. The molecule has 3 nitrogen and oxygen atoms in total. The lowest BCUT2D eigenvalue weighted by Crippen LogP contribution is -2.40. The fourth-order valence-corrected chi connectivity index (χ4v) is 2.51. The predicted molar refractivity (Wildman–Crippen MR) is 69.3 cm³/mol. The van der Waals surface area contributed by atoms with Gasteiger partial charge in [-0.3, -0.25) is 9.88 Å². The van der Waals surface area contributed by atoms with Crippen LogP contribution in [0.4, 0.5) is 0 Å². The number of nitrogens with zero attached hydrogens (tertiary/aromatic N) is 2. The average Bonchev–Trinajstić information content (AvgIpc) is 2.76. The molecule has 1 aromatic rings. The molecule has 1 aromatic heterocycles. The van der Waals surface area contributed by atoms with Gasteiger partial charge in [0, 0.05) is 18.9 Å². The molecule has 86 valence electrons. The maximum atomic E-state index is 5.74. The van der Waals surface area contributed by atoms with Gasteiger partial charge in [-0.15, -0.1) is 0 Å². The minimum Gasteiger partial charge on any atom is -0.392 e. The van der Waals surface area contributed by atoms with E-state index >= 15 is 0 Å². The summed E-state index contributed by atoms with van der Waals surface area (Å²) in [5.74, 6) is 0. The van der Waals surface area contributed by atoms with Gasteiger partial charge < -0.3 is 5.73 Å². The number of aromatic nitrogens is 1. The first-order chi connectivity index (χ1) is 7.77. The number of pyridine rings is 1. The van der Waals surface area contributed by atoms with Crippen molar-refractivity contribution in [1.29, 1.82) is 0 Å². The van der Waals surface area contributed by atoms with Gasteiger partial charge in [-0.05, 0) is 43.5 Å². The van der Waals surface area contributed by atoms with Crippen LogP contribution in [0.2, 0.25) is 0 Å². The molecule has 1 atom stereocenters. The monoisotopic (exact) mass is 235 g/mol. The van der Waals surface area contributed by atoms with Gasteiger partial charge in [-0.25, -0.2) is 0 Å². The Balaban J connectivity index is 1.88. The zero-order valence-corrected chi connectivity index (χ0v) is 10.1. The van der Waals surface area contributed by atoms with Crippen LogP contribution in [0.25, 0.3) is 0 Å². The Bertz CT molecular complexity index is 353. The van der Waals surface area contributed by atoms with E-state index in [1.807, 2.05) is 12.4 Å². The fraction of sp³-hybridized carbons (Fsp3) is 0.500. The molecule has 1 unspecified atom stereocenters. The highest BCUT2D eigenvalue weighted by Gasteiger charge is 2.25. The first kappa shape index (κ1) is 11.5. The van der Waals surface area contributed by atoms with Crippen molar-refractivity contribution in [3.8, 4) is 0 Å². The minimum atomic E-state index is 0.317. The molecule has 0 radical (unpaired) electrons. The van der Waals surface area contributed by atoms with E-state index in [1.165, 1.54) is 12.0 Å². The van der Waals surface area contributed by atoms with Crippen LogP contribution in [-0.4, -0.2) is 34.0 Å². The average molecular weight is 235 g/mol. The lowest BCUT2D eigenvalue weighted by molar-refractivity contribution is 0.307. The summed E-state index contributed by atoms with van der Waals surface area (Å²) in [6.07, 6.45) is 7.04. The van der Waals surface area contributed by atoms with Crippen molar-refractivity contribution in [3.63, 3.8) is 0 Å². The highest BCUT2D eigenvalue weighted by atomic mass is 32.1. The third-order valence-electron chi connectivity index (χ3n) is 3.13. The summed E-state index contributed by atoms with van der Waals surface area (Å²) < 4.78 is 0. The molecule has 2 heterocycles. The molecule has 0 aromatic carbocycles. The summed E-state index contributed by atoms with van der Waals surface area (Å²) in [6, 6.07) is 4.44. The van der Waals surface area contributed by atoms with Crippen LogP contribution in [0, 0.1) is 0 Å². The van der Waals surface area contributed by atoms with Crippen molar-refractivity contribution < 1.29 is 0 Å². The van der Waals surface area contributed by atoms with Gasteiger partial charge in [0.05, 0.1) is 11.0 Å². The molecule has 1 fully saturated rings. The predicted octanol–water partition coefficient (Wildman–Crippen LogP) is 1.37. The van der Waals surface area contributed by atoms with E-state index in [0.717, 1.165) is 25.9 Å². The molecule has 0 spiro atoms. The summed E-state index contributed by atoms with van der Waals surface area (Å²) >= 11 is 5.09. The van der Waals surface area contributed by atoms with Crippen molar-refractivity contribution >= 4 is 17.2 Å². The number of hydrogen-bond donors (Lipinski definition) is 1. The molecule has 0 bridgehead atoms. The van der Waals surface area contributed by atoms with Crippen LogP contribution in [0.15, 0.2) is 24.5 Å². The lowest BCUT2D eigenvalue weighted by atomic mass is 10.2. The summed E-state index contributed by atoms with van der Waals surface area (Å²) in [5, 5.41) is 0. The molecule has 4 heteroatoms. The molecule has 2 rings (SSSR count). The van der Waals surface area contributed by atoms with Crippen LogP contribution in [-0.2, 0) is 6.42 Å². The number of rotatable bonds is 4. The van der Waals surface area contributed by atoms with Crippen LogP contribution >= 0.6 is 12.2 Å². The maximum Gasteiger partial charge on any atom is 0.0902 e. The molecule has 2 N–H and O–H groups in total. The van der Waals surface area contributed by atoms with Crippen LogP contribution < -0.4 is 5.73 Å². The van der Waals surface area contributed by atoms with Crippen LogP contribution in [0.3, 0.4) is 0 Å². The van der Waals surface area contributed by atoms with Gasteiger partial charge in [0.1, 0.15) is 0 Å². The zero-order chi connectivity index (χ0) is 11.4. The second-order valence-corrected chi connectivity index (χ2v) is 4.67. The highest BCUT2D eigenvalue weighted by molar-refractivity contribution is 7.80. The van der Waals surface area contributed by atoms with Crippen LogP contribution in [0.1, 0.15) is 18.4 Å². The van der Waals surface area contributed by atoms with Crippen molar-refractivity contribution in [2.75, 3.05) is 13.1 Å². The molecule has 0 aliphatic carbocycles. The van der Waals surface area contributed by atoms with E-state index in [4.69, 9.17) is 18.0 Å². The van der Waals surface area contributed by atoms with Gasteiger partial charge in [0.25, 0.3) is 0 Å². The Hall–Kier alpha value is -1.00. The Morgan fingerprint density at radius 2 is 2.25 bits per heavy atom. The van der Waals surface area contributed by atoms with E-state index in [2.05, 4.69) is 22.0 Å². The standard InChI is InChI=1S/C12H17N3S/c13-12(16)11-2-1-8-15(11)9-5-10-3-6-14-7-4-10/h3-4,6-7,11H,1-2,5,8-9H2,(H2,13,16).